The topological polar surface area (TPSA) is 64.9 Å². The molecule has 1 aromatic rings. The standard InChI is InChI=1S/C10H19N3O/c1-4-8(6-11)10-12-9(13-14-10)5-7(2)3/h7-8H,4-6,11H2,1-3H3. The Kier molecular flexibility index (Phi) is 4.07. The largest absolute Gasteiger partial charge is 0.339 e. The van der Waals surface area contributed by atoms with Gasteiger partial charge in [0.2, 0.25) is 5.89 Å². The Morgan fingerprint density at radius 2 is 2.14 bits per heavy atom. The van der Waals surface area contributed by atoms with Crippen LogP contribution in [0.5, 0.6) is 0 Å². The fourth-order valence-electron chi connectivity index (χ4n) is 1.32. The zero-order valence-corrected chi connectivity index (χ0v) is 9.16. The highest BCUT2D eigenvalue weighted by Gasteiger charge is 2.15. The Bertz CT molecular complexity index is 266. The molecule has 0 saturated heterocycles. The first-order chi connectivity index (χ1) is 6.67. The van der Waals surface area contributed by atoms with Gasteiger partial charge < -0.3 is 10.3 Å². The molecule has 0 saturated carbocycles. The molecule has 0 fully saturated rings. The molecule has 0 radical (unpaired) electrons. The lowest BCUT2D eigenvalue weighted by atomic mass is 10.1. The van der Waals surface area contributed by atoms with E-state index < -0.39 is 0 Å². The molecule has 1 rings (SSSR count). The quantitative estimate of drug-likeness (QED) is 0.780. The van der Waals surface area contributed by atoms with Gasteiger partial charge in [0.15, 0.2) is 5.82 Å². The van der Waals surface area contributed by atoms with E-state index in [4.69, 9.17) is 10.3 Å². The summed E-state index contributed by atoms with van der Waals surface area (Å²) in [6, 6.07) is 0. The second kappa shape index (κ2) is 5.10. The molecule has 0 spiro atoms. The average molecular weight is 197 g/mol. The van der Waals surface area contributed by atoms with Gasteiger partial charge in [0.25, 0.3) is 0 Å². The van der Waals surface area contributed by atoms with E-state index in [9.17, 15) is 0 Å². The summed E-state index contributed by atoms with van der Waals surface area (Å²) in [5.41, 5.74) is 5.60. The molecule has 1 aromatic heterocycles. The number of hydrogen-bond donors (Lipinski definition) is 1. The first kappa shape index (κ1) is 11.2. The monoisotopic (exact) mass is 197 g/mol. The fourth-order valence-corrected chi connectivity index (χ4v) is 1.32. The van der Waals surface area contributed by atoms with Crippen LogP contribution >= 0.6 is 0 Å². The molecular weight excluding hydrogens is 178 g/mol. The van der Waals surface area contributed by atoms with Crippen LogP contribution in [0.15, 0.2) is 4.52 Å². The van der Waals surface area contributed by atoms with Crippen molar-refractivity contribution >= 4 is 0 Å². The molecule has 1 unspecified atom stereocenters. The third kappa shape index (κ3) is 2.80. The highest BCUT2D eigenvalue weighted by molar-refractivity contribution is 4.94. The van der Waals surface area contributed by atoms with E-state index in [0.29, 0.717) is 18.4 Å². The lowest BCUT2D eigenvalue weighted by molar-refractivity contribution is 0.346. The first-order valence-electron chi connectivity index (χ1n) is 5.19. The van der Waals surface area contributed by atoms with E-state index in [0.717, 1.165) is 18.7 Å². The van der Waals surface area contributed by atoms with Crippen molar-refractivity contribution in [1.82, 2.24) is 10.1 Å². The third-order valence-corrected chi connectivity index (χ3v) is 2.20. The third-order valence-electron chi connectivity index (χ3n) is 2.20. The average Bonchev–Trinajstić information content (AvgIpc) is 2.54. The van der Waals surface area contributed by atoms with Crippen LogP contribution in [0, 0.1) is 5.92 Å². The zero-order chi connectivity index (χ0) is 10.6. The number of hydrogen-bond acceptors (Lipinski definition) is 4. The number of aromatic nitrogens is 2. The maximum Gasteiger partial charge on any atom is 0.231 e. The van der Waals surface area contributed by atoms with Gasteiger partial charge >= 0.3 is 0 Å². The molecular formula is C10H19N3O. The molecule has 4 nitrogen and oxygen atoms in total. The van der Waals surface area contributed by atoms with Gasteiger partial charge in [-0.3, -0.25) is 0 Å². The van der Waals surface area contributed by atoms with Gasteiger partial charge in [-0.1, -0.05) is 25.9 Å². The smallest absolute Gasteiger partial charge is 0.231 e. The minimum atomic E-state index is 0.211. The number of nitrogens with zero attached hydrogens (tertiary/aromatic N) is 2. The van der Waals surface area contributed by atoms with E-state index in [1.165, 1.54) is 0 Å². The van der Waals surface area contributed by atoms with Crippen LogP contribution in [0.4, 0.5) is 0 Å². The molecule has 0 aliphatic carbocycles. The van der Waals surface area contributed by atoms with Crippen LogP contribution in [0.3, 0.4) is 0 Å². The molecule has 80 valence electrons. The molecule has 0 aliphatic rings. The molecule has 1 heterocycles. The molecule has 0 aliphatic heterocycles. The summed E-state index contributed by atoms with van der Waals surface area (Å²) in [7, 11) is 0. The summed E-state index contributed by atoms with van der Waals surface area (Å²) in [5.74, 6) is 2.24. The summed E-state index contributed by atoms with van der Waals surface area (Å²) >= 11 is 0. The molecule has 14 heavy (non-hydrogen) atoms. The molecule has 4 heteroatoms. The van der Waals surface area contributed by atoms with Crippen LogP contribution in [-0.2, 0) is 6.42 Å². The van der Waals surface area contributed by atoms with Gasteiger partial charge in [0, 0.05) is 13.0 Å². The van der Waals surface area contributed by atoms with Crippen molar-refractivity contribution in [2.45, 2.75) is 39.5 Å². The highest BCUT2D eigenvalue weighted by Crippen LogP contribution is 2.16. The van der Waals surface area contributed by atoms with Crippen molar-refractivity contribution in [2.75, 3.05) is 6.54 Å². The lowest BCUT2D eigenvalue weighted by Crippen LogP contribution is -2.11. The van der Waals surface area contributed by atoms with Crippen molar-refractivity contribution in [3.8, 4) is 0 Å². The summed E-state index contributed by atoms with van der Waals surface area (Å²) in [6.07, 6.45) is 1.81. The number of nitrogens with two attached hydrogens (primary N) is 1. The zero-order valence-electron chi connectivity index (χ0n) is 9.16. The molecule has 2 N–H and O–H groups in total. The predicted molar refractivity (Wildman–Crippen MR) is 54.9 cm³/mol. The van der Waals surface area contributed by atoms with E-state index in [1.807, 2.05) is 0 Å². The van der Waals surface area contributed by atoms with Crippen LogP contribution in [0.25, 0.3) is 0 Å². The van der Waals surface area contributed by atoms with Crippen LogP contribution in [-0.4, -0.2) is 16.7 Å². The van der Waals surface area contributed by atoms with Gasteiger partial charge in [-0.15, -0.1) is 0 Å². The Morgan fingerprint density at radius 1 is 1.43 bits per heavy atom. The lowest BCUT2D eigenvalue weighted by Gasteiger charge is -2.04. The fraction of sp³-hybridized carbons (Fsp3) is 0.800. The molecule has 0 bridgehead atoms. The van der Waals surface area contributed by atoms with E-state index in [1.54, 1.807) is 0 Å². The second-order valence-electron chi connectivity index (χ2n) is 3.99. The Labute approximate surface area is 84.9 Å². The molecule has 0 amide bonds. The molecule has 0 aromatic carbocycles. The van der Waals surface area contributed by atoms with Crippen molar-refractivity contribution in [3.05, 3.63) is 11.7 Å². The van der Waals surface area contributed by atoms with Crippen LogP contribution in [0.2, 0.25) is 0 Å². The Hall–Kier alpha value is -0.900. The second-order valence-corrected chi connectivity index (χ2v) is 3.99. The first-order valence-corrected chi connectivity index (χ1v) is 5.19. The maximum atomic E-state index is 5.60. The van der Waals surface area contributed by atoms with E-state index >= 15 is 0 Å². The van der Waals surface area contributed by atoms with Crippen molar-refractivity contribution in [1.29, 1.82) is 0 Å². The van der Waals surface area contributed by atoms with Gasteiger partial charge in [-0.2, -0.15) is 4.98 Å². The molecule has 1 atom stereocenters. The van der Waals surface area contributed by atoms with Crippen LogP contribution < -0.4 is 5.73 Å². The van der Waals surface area contributed by atoms with E-state index in [-0.39, 0.29) is 5.92 Å². The van der Waals surface area contributed by atoms with Crippen molar-refractivity contribution in [3.63, 3.8) is 0 Å². The van der Waals surface area contributed by atoms with Gasteiger partial charge in [-0.05, 0) is 12.3 Å². The van der Waals surface area contributed by atoms with Crippen LogP contribution in [0.1, 0.15) is 44.8 Å². The number of rotatable bonds is 5. The normalized spacial score (nSPS) is 13.5. The van der Waals surface area contributed by atoms with Crippen molar-refractivity contribution in [2.24, 2.45) is 11.7 Å². The van der Waals surface area contributed by atoms with Gasteiger partial charge in [0.05, 0.1) is 5.92 Å². The minimum Gasteiger partial charge on any atom is -0.339 e. The minimum absolute atomic E-state index is 0.211. The van der Waals surface area contributed by atoms with Gasteiger partial charge in [0.1, 0.15) is 0 Å². The highest BCUT2D eigenvalue weighted by atomic mass is 16.5. The maximum absolute atomic E-state index is 5.60. The Balaban J connectivity index is 2.66. The summed E-state index contributed by atoms with van der Waals surface area (Å²) in [6.45, 7) is 6.91. The summed E-state index contributed by atoms with van der Waals surface area (Å²) in [4.78, 5) is 4.33. The SMILES string of the molecule is CCC(CN)c1nc(CC(C)C)no1. The predicted octanol–water partition coefficient (Wildman–Crippen LogP) is 1.72. The van der Waals surface area contributed by atoms with Crippen molar-refractivity contribution < 1.29 is 4.52 Å². The Morgan fingerprint density at radius 3 is 2.64 bits per heavy atom. The van der Waals surface area contributed by atoms with Gasteiger partial charge in [-0.25, -0.2) is 0 Å². The summed E-state index contributed by atoms with van der Waals surface area (Å²) in [5, 5.41) is 3.93. The summed E-state index contributed by atoms with van der Waals surface area (Å²) < 4.78 is 5.17. The van der Waals surface area contributed by atoms with E-state index in [2.05, 4.69) is 30.9 Å².